The Labute approximate surface area is 161 Å². The number of nitrogens with one attached hydrogen (secondary N) is 2. The topological polar surface area (TPSA) is 84.3 Å². The molecule has 8 heteroatoms. The zero-order valence-electron chi connectivity index (χ0n) is 14.1. The third-order valence-electron chi connectivity index (χ3n) is 6.16. The van der Waals surface area contributed by atoms with Crippen LogP contribution >= 0.6 is 23.8 Å². The lowest BCUT2D eigenvalue weighted by Gasteiger charge is -2.54. The Morgan fingerprint density at radius 1 is 1.15 bits per heavy atom. The highest BCUT2D eigenvalue weighted by molar-refractivity contribution is 7.80. The highest BCUT2D eigenvalue weighted by Crippen LogP contribution is 2.53. The highest BCUT2D eigenvalue weighted by atomic mass is 35.5. The molecule has 0 aromatic heterocycles. The van der Waals surface area contributed by atoms with Gasteiger partial charge in [0.25, 0.3) is 11.6 Å². The molecular weight excluding hydrogens is 374 g/mol. The van der Waals surface area contributed by atoms with Crippen LogP contribution in [0.4, 0.5) is 5.69 Å². The van der Waals surface area contributed by atoms with Crippen LogP contribution in [0.2, 0.25) is 5.02 Å². The number of nitro groups is 1. The van der Waals surface area contributed by atoms with Crippen molar-refractivity contribution in [1.29, 1.82) is 0 Å². The summed E-state index contributed by atoms with van der Waals surface area (Å²) in [4.78, 5) is 22.8. The van der Waals surface area contributed by atoms with Crippen LogP contribution in [0.25, 0.3) is 0 Å². The van der Waals surface area contributed by atoms with E-state index in [1.807, 2.05) is 0 Å². The van der Waals surface area contributed by atoms with E-state index < -0.39 is 10.8 Å². The third kappa shape index (κ3) is 3.30. The van der Waals surface area contributed by atoms with Crippen molar-refractivity contribution < 1.29 is 9.72 Å². The molecule has 0 atom stereocenters. The van der Waals surface area contributed by atoms with E-state index in [0.717, 1.165) is 11.8 Å². The van der Waals surface area contributed by atoms with Crippen molar-refractivity contribution in [2.45, 2.75) is 38.1 Å². The van der Waals surface area contributed by atoms with E-state index in [1.165, 1.54) is 50.3 Å². The van der Waals surface area contributed by atoms with E-state index >= 15 is 0 Å². The number of benzene rings is 1. The number of amides is 1. The third-order valence-corrected chi connectivity index (χ3v) is 6.70. The fourth-order valence-electron chi connectivity index (χ4n) is 5.32. The minimum absolute atomic E-state index is 0.000785. The Morgan fingerprint density at radius 3 is 2.35 bits per heavy atom. The first-order valence-corrected chi connectivity index (χ1v) is 9.75. The van der Waals surface area contributed by atoms with E-state index in [4.69, 9.17) is 23.8 Å². The number of rotatable bonds is 3. The number of halogens is 1. The molecule has 0 spiro atoms. The summed E-state index contributed by atoms with van der Waals surface area (Å²) in [7, 11) is 0. The molecule has 4 bridgehead atoms. The molecule has 4 aliphatic rings. The fourth-order valence-corrected chi connectivity index (χ4v) is 5.73. The quantitative estimate of drug-likeness (QED) is 0.465. The molecule has 0 heterocycles. The number of nitro benzene ring substituents is 1. The molecule has 4 aliphatic carbocycles. The van der Waals surface area contributed by atoms with Crippen LogP contribution in [0, 0.1) is 33.8 Å². The molecule has 26 heavy (non-hydrogen) atoms. The number of hydrogen-bond acceptors (Lipinski definition) is 4. The van der Waals surface area contributed by atoms with Crippen LogP contribution in [-0.4, -0.2) is 22.0 Å². The van der Waals surface area contributed by atoms with E-state index in [9.17, 15) is 14.9 Å². The summed E-state index contributed by atoms with van der Waals surface area (Å²) in [5, 5.41) is 17.3. The second kappa shape index (κ2) is 6.78. The first-order valence-electron chi connectivity index (χ1n) is 8.96. The lowest BCUT2D eigenvalue weighted by Crippen LogP contribution is -2.57. The van der Waals surface area contributed by atoms with Crippen LogP contribution in [-0.2, 0) is 0 Å². The SMILES string of the molecule is O=C(NC(=S)NC1C2CC3CC(C2)CC1C3)c1ccc(Cl)c([N+](=O)[O-])c1. The van der Waals surface area contributed by atoms with Crippen molar-refractivity contribution in [1.82, 2.24) is 10.6 Å². The summed E-state index contributed by atoms with van der Waals surface area (Å²) < 4.78 is 0. The normalized spacial score (nSPS) is 31.5. The Bertz CT molecular complexity index is 757. The van der Waals surface area contributed by atoms with Gasteiger partial charge in [0.15, 0.2) is 5.11 Å². The van der Waals surface area contributed by atoms with E-state index in [-0.39, 0.29) is 16.3 Å². The lowest BCUT2D eigenvalue weighted by molar-refractivity contribution is -0.384. The minimum atomic E-state index is -0.607. The van der Waals surface area contributed by atoms with Gasteiger partial charge in [0.2, 0.25) is 0 Å². The predicted octanol–water partition coefficient (Wildman–Crippen LogP) is 3.68. The Hall–Kier alpha value is -1.73. The smallest absolute Gasteiger partial charge is 0.288 e. The maximum absolute atomic E-state index is 12.4. The zero-order valence-corrected chi connectivity index (χ0v) is 15.7. The molecule has 0 saturated heterocycles. The molecule has 5 rings (SSSR count). The van der Waals surface area contributed by atoms with Gasteiger partial charge < -0.3 is 5.32 Å². The van der Waals surface area contributed by atoms with Crippen molar-refractivity contribution in [3.05, 3.63) is 38.9 Å². The lowest BCUT2D eigenvalue weighted by atomic mass is 9.54. The number of carbonyl (C=O) groups excluding carboxylic acids is 1. The zero-order chi connectivity index (χ0) is 18.4. The molecule has 4 fully saturated rings. The largest absolute Gasteiger partial charge is 0.359 e. The van der Waals surface area contributed by atoms with Gasteiger partial charge in [0, 0.05) is 17.7 Å². The molecule has 1 amide bonds. The molecule has 138 valence electrons. The fraction of sp³-hybridized carbons (Fsp3) is 0.556. The molecule has 0 aliphatic heterocycles. The van der Waals surface area contributed by atoms with Crippen molar-refractivity contribution >= 4 is 40.5 Å². The van der Waals surface area contributed by atoms with Gasteiger partial charge in [0.05, 0.1) is 4.92 Å². The average molecular weight is 394 g/mol. The number of thiocarbonyl (C=S) groups is 1. The first kappa shape index (κ1) is 17.7. The van der Waals surface area contributed by atoms with Crippen molar-refractivity contribution in [2.24, 2.45) is 23.7 Å². The van der Waals surface area contributed by atoms with Gasteiger partial charge in [-0.15, -0.1) is 0 Å². The van der Waals surface area contributed by atoms with Crippen LogP contribution in [0.1, 0.15) is 42.5 Å². The number of nitrogens with zero attached hydrogens (tertiary/aromatic N) is 1. The molecule has 0 radical (unpaired) electrons. The summed E-state index contributed by atoms with van der Waals surface area (Å²) in [5.74, 6) is 2.54. The molecule has 6 nitrogen and oxygen atoms in total. The average Bonchev–Trinajstić information content (AvgIpc) is 2.57. The van der Waals surface area contributed by atoms with Crippen molar-refractivity contribution in [3.63, 3.8) is 0 Å². The number of hydrogen-bond donors (Lipinski definition) is 2. The minimum Gasteiger partial charge on any atom is -0.359 e. The van der Waals surface area contributed by atoms with E-state index in [0.29, 0.717) is 23.0 Å². The van der Waals surface area contributed by atoms with Gasteiger partial charge in [-0.05, 0) is 80.1 Å². The standard InChI is InChI=1S/C18H20ClN3O3S/c19-14-2-1-11(8-15(14)22(24)25)17(23)21-18(26)20-16-12-4-9-3-10(6-12)7-13(16)5-9/h1-2,8-10,12-13,16H,3-7H2,(H2,20,21,23,26). The molecular formula is C18H20ClN3O3S. The monoisotopic (exact) mass is 393 g/mol. The van der Waals surface area contributed by atoms with Gasteiger partial charge in [-0.2, -0.15) is 0 Å². The Kier molecular flexibility index (Phi) is 4.61. The summed E-state index contributed by atoms with van der Waals surface area (Å²) in [6.07, 6.45) is 6.40. The van der Waals surface area contributed by atoms with Crippen LogP contribution in [0.5, 0.6) is 0 Å². The van der Waals surface area contributed by atoms with Crippen LogP contribution < -0.4 is 10.6 Å². The van der Waals surface area contributed by atoms with Gasteiger partial charge in [-0.3, -0.25) is 20.2 Å². The second-order valence-electron chi connectivity index (χ2n) is 7.81. The summed E-state index contributed by atoms with van der Waals surface area (Å²) in [5.41, 5.74) is -0.130. The molecule has 2 N–H and O–H groups in total. The Morgan fingerprint density at radius 2 is 1.77 bits per heavy atom. The van der Waals surface area contributed by atoms with E-state index in [1.54, 1.807) is 0 Å². The second-order valence-corrected chi connectivity index (χ2v) is 8.62. The Balaban J connectivity index is 1.40. The summed E-state index contributed by atoms with van der Waals surface area (Å²) in [6.45, 7) is 0. The van der Waals surface area contributed by atoms with Crippen LogP contribution in [0.15, 0.2) is 18.2 Å². The van der Waals surface area contributed by atoms with E-state index in [2.05, 4.69) is 10.6 Å². The van der Waals surface area contributed by atoms with Crippen molar-refractivity contribution in [3.8, 4) is 0 Å². The molecule has 0 unspecified atom stereocenters. The molecule has 1 aromatic rings. The number of carbonyl (C=O) groups is 1. The predicted molar refractivity (Wildman–Crippen MR) is 102 cm³/mol. The van der Waals surface area contributed by atoms with Gasteiger partial charge in [0.1, 0.15) is 5.02 Å². The van der Waals surface area contributed by atoms with Gasteiger partial charge in [-0.25, -0.2) is 0 Å². The van der Waals surface area contributed by atoms with Gasteiger partial charge in [-0.1, -0.05) is 11.6 Å². The van der Waals surface area contributed by atoms with Crippen molar-refractivity contribution in [2.75, 3.05) is 0 Å². The van der Waals surface area contributed by atoms with Gasteiger partial charge >= 0.3 is 0 Å². The highest BCUT2D eigenvalue weighted by Gasteiger charge is 2.48. The summed E-state index contributed by atoms with van der Waals surface area (Å²) >= 11 is 11.1. The summed E-state index contributed by atoms with van der Waals surface area (Å²) in [6, 6.07) is 4.30. The maximum atomic E-state index is 12.4. The van der Waals surface area contributed by atoms with Crippen LogP contribution in [0.3, 0.4) is 0 Å². The first-order chi connectivity index (χ1) is 12.4. The maximum Gasteiger partial charge on any atom is 0.288 e. The molecule has 1 aromatic carbocycles. The molecule has 4 saturated carbocycles.